The van der Waals surface area contributed by atoms with Gasteiger partial charge in [0.25, 0.3) is 0 Å². The molecule has 2 nitrogen and oxygen atoms in total. The zero-order valence-corrected chi connectivity index (χ0v) is 10.8. The van der Waals surface area contributed by atoms with Gasteiger partial charge in [-0.2, -0.15) is 0 Å². The van der Waals surface area contributed by atoms with Gasteiger partial charge >= 0.3 is 0 Å². The Morgan fingerprint density at radius 2 is 1.89 bits per heavy atom. The number of hydrazine groups is 1. The highest BCUT2D eigenvalue weighted by molar-refractivity contribution is 6.31. The molecule has 2 aromatic rings. The van der Waals surface area contributed by atoms with Crippen molar-refractivity contribution in [2.75, 3.05) is 0 Å². The number of nitrogens with one attached hydrogen (secondary N) is 1. The van der Waals surface area contributed by atoms with E-state index in [1.807, 2.05) is 0 Å². The van der Waals surface area contributed by atoms with Crippen molar-refractivity contribution in [1.29, 1.82) is 0 Å². The first-order valence-corrected chi connectivity index (χ1v) is 6.14. The van der Waals surface area contributed by atoms with Gasteiger partial charge < -0.3 is 0 Å². The molecule has 0 bridgehead atoms. The molecule has 2 aromatic carbocycles. The molecule has 0 radical (unpaired) electrons. The molecule has 0 aromatic heterocycles. The van der Waals surface area contributed by atoms with Gasteiger partial charge in [-0.15, -0.1) is 0 Å². The van der Waals surface area contributed by atoms with Gasteiger partial charge in [0.2, 0.25) is 0 Å². The van der Waals surface area contributed by atoms with Crippen molar-refractivity contribution >= 4 is 11.6 Å². The second-order valence-corrected chi connectivity index (χ2v) is 4.59. The summed E-state index contributed by atoms with van der Waals surface area (Å²) in [5, 5.41) is 0.429. The van der Waals surface area contributed by atoms with Crippen molar-refractivity contribution in [3.05, 3.63) is 70.2 Å². The zero-order chi connectivity index (χ0) is 13.8. The third-order valence-corrected chi connectivity index (χ3v) is 3.28. The van der Waals surface area contributed by atoms with E-state index in [9.17, 15) is 8.78 Å². The number of nitrogens with two attached hydrogens (primary N) is 1. The van der Waals surface area contributed by atoms with Crippen molar-refractivity contribution in [1.82, 2.24) is 5.43 Å². The lowest BCUT2D eigenvalue weighted by Crippen LogP contribution is -2.30. The van der Waals surface area contributed by atoms with Crippen LogP contribution >= 0.6 is 11.6 Å². The predicted molar refractivity (Wildman–Crippen MR) is 71.6 cm³/mol. The van der Waals surface area contributed by atoms with Crippen molar-refractivity contribution in [2.24, 2.45) is 5.84 Å². The van der Waals surface area contributed by atoms with Crippen LogP contribution in [0.2, 0.25) is 5.02 Å². The highest BCUT2D eigenvalue weighted by Gasteiger charge is 2.16. The van der Waals surface area contributed by atoms with Crippen LogP contribution in [0.25, 0.3) is 0 Å². The lowest BCUT2D eigenvalue weighted by atomic mass is 9.99. The Morgan fingerprint density at radius 1 is 1.16 bits per heavy atom. The van der Waals surface area contributed by atoms with E-state index in [2.05, 4.69) is 5.43 Å². The third-order valence-electron chi connectivity index (χ3n) is 2.91. The molecule has 0 aliphatic rings. The topological polar surface area (TPSA) is 38.0 Å². The van der Waals surface area contributed by atoms with E-state index in [1.165, 1.54) is 24.3 Å². The predicted octanol–water partition coefficient (Wildman–Crippen LogP) is 3.37. The lowest BCUT2D eigenvalue weighted by Gasteiger charge is -2.17. The quantitative estimate of drug-likeness (QED) is 0.666. The van der Waals surface area contributed by atoms with E-state index in [4.69, 9.17) is 17.4 Å². The molecule has 19 heavy (non-hydrogen) atoms. The van der Waals surface area contributed by atoms with Gasteiger partial charge in [-0.25, -0.2) is 8.78 Å². The van der Waals surface area contributed by atoms with E-state index < -0.39 is 6.04 Å². The van der Waals surface area contributed by atoms with Crippen LogP contribution in [0.5, 0.6) is 0 Å². The minimum atomic E-state index is -0.472. The molecule has 0 amide bonds. The van der Waals surface area contributed by atoms with Crippen LogP contribution in [0.4, 0.5) is 8.78 Å². The second kappa shape index (κ2) is 6.10. The Bertz CT molecular complexity index is 575. The lowest BCUT2D eigenvalue weighted by molar-refractivity contribution is 0.509. The summed E-state index contributed by atoms with van der Waals surface area (Å²) in [7, 11) is 0. The Labute approximate surface area is 115 Å². The summed E-state index contributed by atoms with van der Waals surface area (Å²) in [5.41, 5.74) is 3.53. The van der Waals surface area contributed by atoms with Crippen molar-refractivity contribution in [2.45, 2.75) is 12.5 Å². The maximum atomic E-state index is 13.7. The first kappa shape index (κ1) is 13.9. The maximum absolute atomic E-state index is 13.7. The van der Waals surface area contributed by atoms with E-state index in [1.54, 1.807) is 18.2 Å². The Hall–Kier alpha value is -1.49. The molecule has 1 atom stereocenters. The smallest absolute Gasteiger partial charge is 0.128 e. The van der Waals surface area contributed by atoms with Crippen LogP contribution in [0, 0.1) is 11.6 Å². The number of hydrogen-bond donors (Lipinski definition) is 2. The fourth-order valence-electron chi connectivity index (χ4n) is 1.94. The van der Waals surface area contributed by atoms with Gasteiger partial charge in [-0.05, 0) is 36.2 Å². The van der Waals surface area contributed by atoms with Crippen molar-refractivity contribution in [3.8, 4) is 0 Å². The third kappa shape index (κ3) is 3.29. The summed E-state index contributed by atoms with van der Waals surface area (Å²) in [6.07, 6.45) is 0.300. The molecule has 0 fully saturated rings. The molecule has 5 heteroatoms. The normalized spacial score (nSPS) is 12.4. The molecule has 3 N–H and O–H groups in total. The highest BCUT2D eigenvalue weighted by atomic mass is 35.5. The first-order chi connectivity index (χ1) is 9.11. The largest absolute Gasteiger partial charge is 0.271 e. The summed E-state index contributed by atoms with van der Waals surface area (Å²) in [4.78, 5) is 0. The molecular weight excluding hydrogens is 270 g/mol. The number of halogens is 3. The molecule has 0 aliphatic carbocycles. The number of rotatable bonds is 4. The summed E-state index contributed by atoms with van der Waals surface area (Å²) in [5.74, 6) is 4.71. The van der Waals surface area contributed by atoms with E-state index in [-0.39, 0.29) is 11.6 Å². The van der Waals surface area contributed by atoms with Gasteiger partial charge in [-0.1, -0.05) is 29.8 Å². The first-order valence-electron chi connectivity index (χ1n) is 5.76. The van der Waals surface area contributed by atoms with E-state index in [0.29, 0.717) is 22.6 Å². The second-order valence-electron chi connectivity index (χ2n) is 4.18. The van der Waals surface area contributed by atoms with Gasteiger partial charge in [-0.3, -0.25) is 11.3 Å². The van der Waals surface area contributed by atoms with Crippen LogP contribution < -0.4 is 11.3 Å². The standard InChI is InChI=1S/C14H13ClF2N2/c15-12-6-5-10(16)7-9(12)8-14(19-18)11-3-1-2-4-13(11)17/h1-7,14,19H,8,18H2. The van der Waals surface area contributed by atoms with Gasteiger partial charge in [0.05, 0.1) is 6.04 Å². The van der Waals surface area contributed by atoms with Gasteiger partial charge in [0, 0.05) is 10.6 Å². The minimum Gasteiger partial charge on any atom is -0.271 e. The maximum Gasteiger partial charge on any atom is 0.128 e. The summed E-state index contributed by atoms with van der Waals surface area (Å²) >= 11 is 6.00. The average molecular weight is 283 g/mol. The molecule has 2 rings (SSSR count). The van der Waals surface area contributed by atoms with Crippen LogP contribution in [0.3, 0.4) is 0 Å². The molecule has 0 spiro atoms. The minimum absolute atomic E-state index is 0.300. The molecule has 0 heterocycles. The Balaban J connectivity index is 2.29. The summed E-state index contributed by atoms with van der Waals surface area (Å²) in [6, 6.07) is 9.91. The molecule has 100 valence electrons. The van der Waals surface area contributed by atoms with Crippen molar-refractivity contribution in [3.63, 3.8) is 0 Å². The monoisotopic (exact) mass is 282 g/mol. The van der Waals surface area contributed by atoms with Gasteiger partial charge in [0.1, 0.15) is 11.6 Å². The fourth-order valence-corrected chi connectivity index (χ4v) is 2.13. The van der Waals surface area contributed by atoms with Crippen LogP contribution in [-0.4, -0.2) is 0 Å². The highest BCUT2D eigenvalue weighted by Crippen LogP contribution is 2.25. The van der Waals surface area contributed by atoms with Crippen LogP contribution in [0.1, 0.15) is 17.2 Å². The number of hydrogen-bond acceptors (Lipinski definition) is 2. The molecular formula is C14H13ClF2N2. The summed E-state index contributed by atoms with van der Waals surface area (Å²) in [6.45, 7) is 0. The Morgan fingerprint density at radius 3 is 2.58 bits per heavy atom. The number of benzene rings is 2. The summed E-state index contributed by atoms with van der Waals surface area (Å²) < 4.78 is 26.9. The molecule has 0 saturated heterocycles. The van der Waals surface area contributed by atoms with E-state index in [0.717, 1.165) is 0 Å². The SMILES string of the molecule is NNC(Cc1cc(F)ccc1Cl)c1ccccc1F. The molecule has 0 saturated carbocycles. The fraction of sp³-hybridized carbons (Fsp3) is 0.143. The van der Waals surface area contributed by atoms with E-state index >= 15 is 0 Å². The average Bonchev–Trinajstić information content (AvgIpc) is 2.41. The van der Waals surface area contributed by atoms with Crippen LogP contribution in [-0.2, 0) is 6.42 Å². The molecule has 1 unspecified atom stereocenters. The Kier molecular flexibility index (Phi) is 4.47. The zero-order valence-electron chi connectivity index (χ0n) is 10.0. The molecule has 0 aliphatic heterocycles. The van der Waals surface area contributed by atoms with Gasteiger partial charge in [0.15, 0.2) is 0 Å². The van der Waals surface area contributed by atoms with Crippen molar-refractivity contribution < 1.29 is 8.78 Å². The van der Waals surface area contributed by atoms with Crippen LogP contribution in [0.15, 0.2) is 42.5 Å².